The molecule has 0 saturated carbocycles. The lowest BCUT2D eigenvalue weighted by Gasteiger charge is -2.29. The van der Waals surface area contributed by atoms with Crippen LogP contribution in [0.25, 0.3) is 10.9 Å². The summed E-state index contributed by atoms with van der Waals surface area (Å²) < 4.78 is 46.7. The lowest BCUT2D eigenvalue weighted by molar-refractivity contribution is -0.137. The zero-order chi connectivity index (χ0) is 24.6. The summed E-state index contributed by atoms with van der Waals surface area (Å²) >= 11 is 0. The minimum atomic E-state index is -4.54. The van der Waals surface area contributed by atoms with E-state index in [0.29, 0.717) is 48.5 Å². The van der Waals surface area contributed by atoms with Gasteiger partial charge in [0.2, 0.25) is 0 Å². The third-order valence-electron chi connectivity index (χ3n) is 5.83. The van der Waals surface area contributed by atoms with Crippen molar-refractivity contribution in [1.29, 1.82) is 5.26 Å². The SMILES string of the molecule is C[C@@H](Nc1nc(C#N)cc2c1cc(N1CCOCC1)c(=O)n2C)c1cc(N)cc(C(F)(F)F)c1. The minimum Gasteiger partial charge on any atom is -0.399 e. The van der Waals surface area contributed by atoms with Gasteiger partial charge >= 0.3 is 6.18 Å². The quantitative estimate of drug-likeness (QED) is 0.560. The number of fused-ring (bicyclic) bond motifs is 1. The summed E-state index contributed by atoms with van der Waals surface area (Å²) in [7, 11) is 1.61. The summed E-state index contributed by atoms with van der Waals surface area (Å²) in [4.78, 5) is 19.3. The number of hydrogen-bond acceptors (Lipinski definition) is 7. The first-order valence-electron chi connectivity index (χ1n) is 10.6. The summed E-state index contributed by atoms with van der Waals surface area (Å²) in [6.07, 6.45) is -4.54. The summed E-state index contributed by atoms with van der Waals surface area (Å²) in [5.41, 5.74) is 5.95. The number of hydrogen-bond donors (Lipinski definition) is 2. The zero-order valence-corrected chi connectivity index (χ0v) is 18.6. The van der Waals surface area contributed by atoms with Gasteiger partial charge in [-0.25, -0.2) is 4.98 Å². The van der Waals surface area contributed by atoms with Crippen LogP contribution in [0.2, 0.25) is 0 Å². The van der Waals surface area contributed by atoms with E-state index in [0.717, 1.165) is 12.1 Å². The van der Waals surface area contributed by atoms with Gasteiger partial charge in [0, 0.05) is 31.2 Å². The molecule has 1 aliphatic rings. The van der Waals surface area contributed by atoms with Crippen LogP contribution in [0, 0.1) is 11.3 Å². The number of nitrogens with zero attached hydrogens (tertiary/aromatic N) is 4. The van der Waals surface area contributed by atoms with Gasteiger partial charge in [0.05, 0.1) is 30.3 Å². The number of rotatable bonds is 4. The van der Waals surface area contributed by atoms with Gasteiger partial charge in [0.1, 0.15) is 23.3 Å². The van der Waals surface area contributed by atoms with E-state index < -0.39 is 17.8 Å². The van der Waals surface area contributed by atoms with E-state index >= 15 is 0 Å². The third-order valence-corrected chi connectivity index (χ3v) is 5.83. The molecule has 1 aliphatic heterocycles. The van der Waals surface area contributed by atoms with Gasteiger partial charge in [0.25, 0.3) is 5.56 Å². The number of halogens is 3. The number of nitrogens with one attached hydrogen (secondary N) is 1. The predicted octanol–water partition coefficient (Wildman–Crippen LogP) is 3.42. The number of morpholine rings is 1. The number of nitrogens with two attached hydrogens (primary N) is 1. The van der Waals surface area contributed by atoms with Crippen LogP contribution in [-0.4, -0.2) is 35.9 Å². The molecule has 0 bridgehead atoms. The summed E-state index contributed by atoms with van der Waals surface area (Å²) in [5.74, 6) is 0.280. The number of aromatic nitrogens is 2. The van der Waals surface area contributed by atoms with Gasteiger partial charge in [-0.05, 0) is 42.8 Å². The number of nitriles is 1. The smallest absolute Gasteiger partial charge is 0.399 e. The Morgan fingerprint density at radius 2 is 1.91 bits per heavy atom. The molecule has 0 radical (unpaired) electrons. The average molecular weight is 472 g/mol. The molecule has 3 N–H and O–H groups in total. The number of alkyl halides is 3. The highest BCUT2D eigenvalue weighted by atomic mass is 19.4. The number of anilines is 3. The monoisotopic (exact) mass is 472 g/mol. The molecule has 4 rings (SSSR count). The van der Waals surface area contributed by atoms with Gasteiger partial charge < -0.3 is 25.3 Å². The van der Waals surface area contributed by atoms with Crippen molar-refractivity contribution in [2.24, 2.45) is 7.05 Å². The topological polar surface area (TPSA) is 109 Å². The van der Waals surface area contributed by atoms with Crippen molar-refractivity contribution in [2.75, 3.05) is 42.3 Å². The van der Waals surface area contributed by atoms with E-state index in [1.54, 1.807) is 20.0 Å². The fourth-order valence-electron chi connectivity index (χ4n) is 4.02. The molecule has 178 valence electrons. The van der Waals surface area contributed by atoms with E-state index in [-0.39, 0.29) is 22.8 Å². The van der Waals surface area contributed by atoms with E-state index in [4.69, 9.17) is 10.5 Å². The van der Waals surface area contributed by atoms with Gasteiger partial charge in [0.15, 0.2) is 0 Å². The molecule has 1 fully saturated rings. The van der Waals surface area contributed by atoms with E-state index in [1.807, 2.05) is 11.0 Å². The van der Waals surface area contributed by atoms with Crippen molar-refractivity contribution in [3.63, 3.8) is 0 Å². The van der Waals surface area contributed by atoms with Crippen LogP contribution < -0.4 is 21.5 Å². The number of benzene rings is 1. The molecule has 11 heteroatoms. The van der Waals surface area contributed by atoms with E-state index in [2.05, 4.69) is 10.3 Å². The van der Waals surface area contributed by atoms with Crippen molar-refractivity contribution in [2.45, 2.75) is 19.1 Å². The van der Waals surface area contributed by atoms with Gasteiger partial charge in [-0.1, -0.05) is 0 Å². The van der Waals surface area contributed by atoms with Crippen LogP contribution in [0.15, 0.2) is 35.1 Å². The molecule has 2 aromatic heterocycles. The molecule has 3 heterocycles. The van der Waals surface area contributed by atoms with Crippen molar-refractivity contribution in [3.05, 3.63) is 57.5 Å². The standard InChI is InChI=1S/C23H23F3N6O2/c1-13(14-7-15(23(24,25)26)9-16(28)8-14)29-21-18-11-20(32-3-5-34-6-4-32)22(33)31(2)19(18)10-17(12-27)30-21/h7-11,13H,3-6,28H2,1-2H3,(H,29,30)/t13-/m1/s1. The van der Waals surface area contributed by atoms with Crippen LogP contribution >= 0.6 is 0 Å². The maximum Gasteiger partial charge on any atom is 0.416 e. The summed E-state index contributed by atoms with van der Waals surface area (Å²) in [5, 5.41) is 13.1. The first kappa shape index (κ1) is 23.4. The molecule has 1 atom stereocenters. The highest BCUT2D eigenvalue weighted by molar-refractivity contribution is 5.92. The largest absolute Gasteiger partial charge is 0.416 e. The van der Waals surface area contributed by atoms with Crippen molar-refractivity contribution in [3.8, 4) is 6.07 Å². The van der Waals surface area contributed by atoms with Crippen molar-refractivity contribution >= 4 is 28.1 Å². The molecule has 3 aromatic rings. The Balaban J connectivity index is 1.82. The number of ether oxygens (including phenoxy) is 1. The first-order chi connectivity index (χ1) is 16.1. The Morgan fingerprint density at radius 1 is 1.21 bits per heavy atom. The first-order valence-corrected chi connectivity index (χ1v) is 10.6. The maximum atomic E-state index is 13.3. The van der Waals surface area contributed by atoms with Crippen molar-refractivity contribution < 1.29 is 17.9 Å². The molecular weight excluding hydrogens is 449 g/mol. The Labute approximate surface area is 193 Å². The number of nitrogen functional groups attached to an aromatic ring is 1. The molecule has 8 nitrogen and oxygen atoms in total. The molecule has 0 amide bonds. The molecule has 1 aromatic carbocycles. The fraction of sp³-hybridized carbons (Fsp3) is 0.348. The maximum absolute atomic E-state index is 13.3. The van der Waals surface area contributed by atoms with Gasteiger partial charge in [-0.15, -0.1) is 0 Å². The second-order valence-corrected chi connectivity index (χ2v) is 8.15. The lowest BCUT2D eigenvalue weighted by atomic mass is 10.0. The molecule has 1 saturated heterocycles. The van der Waals surface area contributed by atoms with Crippen LogP contribution in [0.5, 0.6) is 0 Å². The molecular formula is C23H23F3N6O2. The minimum absolute atomic E-state index is 0.0148. The van der Waals surface area contributed by atoms with Gasteiger partial charge in [-0.2, -0.15) is 18.4 Å². The summed E-state index contributed by atoms with van der Waals surface area (Å²) in [6, 6.07) is 7.92. The van der Waals surface area contributed by atoms with Gasteiger partial charge in [-0.3, -0.25) is 4.79 Å². The second-order valence-electron chi connectivity index (χ2n) is 8.15. The van der Waals surface area contributed by atoms with E-state index in [9.17, 15) is 23.2 Å². The molecule has 0 aliphatic carbocycles. The Kier molecular flexibility index (Phi) is 6.10. The summed E-state index contributed by atoms with van der Waals surface area (Å²) in [6.45, 7) is 3.75. The molecule has 34 heavy (non-hydrogen) atoms. The Hall–Kier alpha value is -3.78. The van der Waals surface area contributed by atoms with Crippen LogP contribution in [0.4, 0.5) is 30.4 Å². The number of aryl methyl sites for hydroxylation is 1. The molecule has 0 unspecified atom stereocenters. The fourth-order valence-corrected chi connectivity index (χ4v) is 4.02. The lowest BCUT2D eigenvalue weighted by Crippen LogP contribution is -2.40. The average Bonchev–Trinajstić information content (AvgIpc) is 2.81. The highest BCUT2D eigenvalue weighted by Crippen LogP contribution is 2.34. The third kappa shape index (κ3) is 4.49. The zero-order valence-electron chi connectivity index (χ0n) is 18.6. The molecule has 0 spiro atoms. The van der Waals surface area contributed by atoms with E-state index in [1.165, 1.54) is 16.7 Å². The van der Waals surface area contributed by atoms with Crippen LogP contribution in [0.1, 0.15) is 29.8 Å². The van der Waals surface area contributed by atoms with Crippen molar-refractivity contribution in [1.82, 2.24) is 9.55 Å². The highest BCUT2D eigenvalue weighted by Gasteiger charge is 2.31. The van der Waals surface area contributed by atoms with Crippen LogP contribution in [0.3, 0.4) is 0 Å². The Bertz CT molecular complexity index is 1340. The second kappa shape index (κ2) is 8.87. The normalized spacial score (nSPS) is 15.2. The number of pyridine rings is 2. The van der Waals surface area contributed by atoms with Crippen LogP contribution in [-0.2, 0) is 18.0 Å². The predicted molar refractivity (Wildman–Crippen MR) is 123 cm³/mol. The Morgan fingerprint density at radius 3 is 2.56 bits per heavy atom.